The molecule has 0 aromatic heterocycles. The summed E-state index contributed by atoms with van der Waals surface area (Å²) in [6.07, 6.45) is 1.15. The summed E-state index contributed by atoms with van der Waals surface area (Å²) in [7, 11) is 0. The lowest BCUT2D eigenvalue weighted by atomic mass is 10.0. The van der Waals surface area contributed by atoms with Gasteiger partial charge in [-0.25, -0.2) is 0 Å². The van der Waals surface area contributed by atoms with Crippen molar-refractivity contribution >= 4 is 21.6 Å². The van der Waals surface area contributed by atoms with Gasteiger partial charge in [0.15, 0.2) is 0 Å². The van der Waals surface area contributed by atoms with Crippen LogP contribution in [-0.2, 0) is 13.0 Å². The van der Waals surface area contributed by atoms with E-state index in [1.165, 1.54) is 11.1 Å². The van der Waals surface area contributed by atoms with Gasteiger partial charge in [0.05, 0.1) is 0 Å². The minimum atomic E-state index is 0.715. The number of halogens is 1. The quantitative estimate of drug-likeness (QED) is 0.793. The Morgan fingerprint density at radius 1 is 0.895 bits per heavy atom. The molecule has 0 saturated carbocycles. The summed E-state index contributed by atoms with van der Waals surface area (Å²) in [5.74, 6) is 0.715. The Labute approximate surface area is 124 Å². The summed E-state index contributed by atoms with van der Waals surface area (Å²) < 4.78 is 1.11. The van der Waals surface area contributed by atoms with Gasteiger partial charge in [-0.3, -0.25) is 0 Å². The van der Waals surface area contributed by atoms with E-state index in [2.05, 4.69) is 71.5 Å². The first-order valence-corrected chi connectivity index (χ1v) is 7.50. The average molecular weight is 318 g/mol. The van der Waals surface area contributed by atoms with E-state index in [-0.39, 0.29) is 0 Å². The largest absolute Gasteiger partial charge is 0.381 e. The molecule has 0 saturated heterocycles. The van der Waals surface area contributed by atoms with E-state index >= 15 is 0 Å². The van der Waals surface area contributed by atoms with Crippen molar-refractivity contribution in [3.05, 3.63) is 64.1 Å². The Balaban J connectivity index is 1.91. The molecule has 2 aromatic rings. The van der Waals surface area contributed by atoms with Gasteiger partial charge in [-0.1, -0.05) is 54.0 Å². The van der Waals surface area contributed by atoms with Crippen molar-refractivity contribution < 1.29 is 0 Å². The Bertz CT molecular complexity index is 500. The van der Waals surface area contributed by atoms with Crippen LogP contribution >= 0.6 is 15.9 Å². The Hall–Kier alpha value is -1.28. The maximum Gasteiger partial charge on any atom is 0.0400 e. The zero-order valence-electron chi connectivity index (χ0n) is 11.5. The number of rotatable bonds is 5. The molecule has 100 valence electrons. The summed E-state index contributed by atoms with van der Waals surface area (Å²) in [4.78, 5) is 0. The maximum absolute atomic E-state index is 3.44. The van der Waals surface area contributed by atoms with E-state index in [9.17, 15) is 0 Å². The molecule has 0 fully saturated rings. The van der Waals surface area contributed by atoms with E-state index in [1.807, 2.05) is 12.1 Å². The highest BCUT2D eigenvalue weighted by Crippen LogP contribution is 2.15. The van der Waals surface area contributed by atoms with E-state index in [0.717, 1.165) is 23.1 Å². The third-order valence-corrected chi connectivity index (χ3v) is 3.54. The van der Waals surface area contributed by atoms with Crippen LogP contribution in [0.25, 0.3) is 0 Å². The van der Waals surface area contributed by atoms with E-state index in [0.29, 0.717) is 5.92 Å². The monoisotopic (exact) mass is 317 g/mol. The lowest BCUT2D eigenvalue weighted by Gasteiger charge is -2.09. The number of anilines is 1. The topological polar surface area (TPSA) is 12.0 Å². The average Bonchev–Trinajstić information content (AvgIpc) is 2.39. The highest BCUT2D eigenvalue weighted by molar-refractivity contribution is 9.10. The highest BCUT2D eigenvalue weighted by atomic mass is 79.9. The lowest BCUT2D eigenvalue weighted by molar-refractivity contribution is 0.647. The van der Waals surface area contributed by atoms with Crippen LogP contribution < -0.4 is 5.32 Å². The van der Waals surface area contributed by atoms with Crippen molar-refractivity contribution in [1.29, 1.82) is 0 Å². The molecule has 0 unspecified atom stereocenters. The van der Waals surface area contributed by atoms with Gasteiger partial charge in [0.2, 0.25) is 0 Å². The first-order valence-electron chi connectivity index (χ1n) is 6.71. The van der Waals surface area contributed by atoms with Gasteiger partial charge in [0.25, 0.3) is 0 Å². The van der Waals surface area contributed by atoms with Crippen molar-refractivity contribution in [3.63, 3.8) is 0 Å². The number of hydrogen-bond donors (Lipinski definition) is 1. The van der Waals surface area contributed by atoms with Gasteiger partial charge in [0, 0.05) is 16.7 Å². The molecule has 0 bridgehead atoms. The number of benzene rings is 2. The normalized spacial score (nSPS) is 10.7. The fraction of sp³-hybridized carbons (Fsp3) is 0.294. The van der Waals surface area contributed by atoms with E-state index < -0.39 is 0 Å². The standard InChI is InChI=1S/C17H20BrN/c1-13(2)11-14-3-5-15(6-4-14)12-19-17-9-7-16(18)8-10-17/h3-10,13,19H,11-12H2,1-2H3. The SMILES string of the molecule is CC(C)Cc1ccc(CNc2ccc(Br)cc2)cc1. The third-order valence-electron chi connectivity index (χ3n) is 3.01. The summed E-state index contributed by atoms with van der Waals surface area (Å²) >= 11 is 3.44. The Morgan fingerprint density at radius 3 is 2.05 bits per heavy atom. The van der Waals surface area contributed by atoms with Gasteiger partial charge in [0.1, 0.15) is 0 Å². The fourth-order valence-electron chi connectivity index (χ4n) is 2.04. The molecular formula is C17H20BrN. The molecule has 0 amide bonds. The van der Waals surface area contributed by atoms with Crippen molar-refractivity contribution in [2.75, 3.05) is 5.32 Å². The minimum Gasteiger partial charge on any atom is -0.381 e. The predicted octanol–water partition coefficient (Wildman–Crippen LogP) is 5.26. The highest BCUT2D eigenvalue weighted by Gasteiger charge is 1.98. The van der Waals surface area contributed by atoms with Gasteiger partial charge in [-0.2, -0.15) is 0 Å². The molecule has 0 aliphatic carbocycles. The van der Waals surface area contributed by atoms with E-state index in [1.54, 1.807) is 0 Å². The summed E-state index contributed by atoms with van der Waals surface area (Å²) in [5, 5.41) is 3.43. The molecule has 2 rings (SSSR count). The summed E-state index contributed by atoms with van der Waals surface area (Å²) in [5.41, 5.74) is 3.88. The smallest absolute Gasteiger partial charge is 0.0400 e. The van der Waals surface area contributed by atoms with Crippen LogP contribution in [0.5, 0.6) is 0 Å². The first-order chi connectivity index (χ1) is 9.13. The van der Waals surface area contributed by atoms with Crippen LogP contribution in [0.4, 0.5) is 5.69 Å². The fourth-order valence-corrected chi connectivity index (χ4v) is 2.30. The van der Waals surface area contributed by atoms with Crippen molar-refractivity contribution in [3.8, 4) is 0 Å². The van der Waals surface area contributed by atoms with Crippen molar-refractivity contribution in [2.45, 2.75) is 26.8 Å². The van der Waals surface area contributed by atoms with Crippen LogP contribution in [0, 0.1) is 5.92 Å². The van der Waals surface area contributed by atoms with Gasteiger partial charge < -0.3 is 5.32 Å². The molecule has 0 heterocycles. The van der Waals surface area contributed by atoms with Crippen LogP contribution in [0.1, 0.15) is 25.0 Å². The summed E-state index contributed by atoms with van der Waals surface area (Å²) in [6.45, 7) is 5.37. The molecular weight excluding hydrogens is 298 g/mol. The Morgan fingerprint density at radius 2 is 1.47 bits per heavy atom. The Kier molecular flexibility index (Phi) is 5.03. The summed E-state index contributed by atoms with van der Waals surface area (Å²) in [6, 6.07) is 17.2. The predicted molar refractivity (Wildman–Crippen MR) is 86.5 cm³/mol. The van der Waals surface area contributed by atoms with Crippen LogP contribution in [0.15, 0.2) is 53.0 Å². The van der Waals surface area contributed by atoms with Gasteiger partial charge >= 0.3 is 0 Å². The second-order valence-electron chi connectivity index (χ2n) is 5.27. The molecule has 19 heavy (non-hydrogen) atoms. The van der Waals surface area contributed by atoms with Gasteiger partial charge in [-0.15, -0.1) is 0 Å². The van der Waals surface area contributed by atoms with E-state index in [4.69, 9.17) is 0 Å². The zero-order valence-corrected chi connectivity index (χ0v) is 13.1. The molecule has 2 aromatic carbocycles. The second-order valence-corrected chi connectivity index (χ2v) is 6.19. The first kappa shape index (κ1) is 14.1. The molecule has 0 aliphatic heterocycles. The van der Waals surface area contributed by atoms with Gasteiger partial charge in [-0.05, 0) is 47.7 Å². The van der Waals surface area contributed by atoms with Crippen molar-refractivity contribution in [1.82, 2.24) is 0 Å². The van der Waals surface area contributed by atoms with Crippen LogP contribution in [-0.4, -0.2) is 0 Å². The maximum atomic E-state index is 3.44. The zero-order chi connectivity index (χ0) is 13.7. The third kappa shape index (κ3) is 4.71. The lowest BCUT2D eigenvalue weighted by Crippen LogP contribution is -2.00. The molecule has 0 spiro atoms. The molecule has 0 atom stereocenters. The second kappa shape index (κ2) is 6.76. The molecule has 0 aliphatic rings. The van der Waals surface area contributed by atoms with Crippen molar-refractivity contribution in [2.24, 2.45) is 5.92 Å². The van der Waals surface area contributed by atoms with Crippen LogP contribution in [0.3, 0.4) is 0 Å². The molecule has 1 N–H and O–H groups in total. The number of nitrogens with one attached hydrogen (secondary N) is 1. The minimum absolute atomic E-state index is 0.715. The molecule has 1 nitrogen and oxygen atoms in total. The molecule has 0 radical (unpaired) electrons. The number of hydrogen-bond acceptors (Lipinski definition) is 1. The molecule has 2 heteroatoms. The van der Waals surface area contributed by atoms with Crippen LogP contribution in [0.2, 0.25) is 0 Å².